The lowest BCUT2D eigenvalue weighted by molar-refractivity contribution is 0.702. The fourth-order valence-electron chi connectivity index (χ4n) is 3.08. The minimum absolute atomic E-state index is 0.466. The van der Waals surface area contributed by atoms with Crippen LogP contribution in [-0.2, 0) is 0 Å². The van der Waals surface area contributed by atoms with E-state index in [-0.39, 0.29) is 0 Å². The maximum absolute atomic E-state index is 1.62. The van der Waals surface area contributed by atoms with E-state index in [1.807, 2.05) is 0 Å². The van der Waals surface area contributed by atoms with Gasteiger partial charge in [-0.05, 0) is 43.7 Å². The molecule has 1 saturated carbocycles. The maximum atomic E-state index is 1.62. The van der Waals surface area contributed by atoms with Crippen LogP contribution < -0.4 is 0 Å². The fraction of sp³-hybridized carbons (Fsp3) is 1.00. The molecule has 2 rings (SSSR count). The van der Waals surface area contributed by atoms with Gasteiger partial charge in [-0.15, -0.1) is 7.92 Å². The minimum Gasteiger partial charge on any atom is -0.104 e. The highest BCUT2D eigenvalue weighted by atomic mass is 31.1. The van der Waals surface area contributed by atoms with E-state index in [9.17, 15) is 0 Å². The van der Waals surface area contributed by atoms with Crippen molar-refractivity contribution in [2.75, 3.05) is 12.3 Å². The average Bonchev–Trinajstić information content (AvgIpc) is 2.62. The van der Waals surface area contributed by atoms with E-state index in [0.717, 1.165) is 0 Å². The average molecular weight is 212 g/mol. The molecular formula is C13H25P. The number of rotatable bonds is 1. The van der Waals surface area contributed by atoms with Gasteiger partial charge in [0, 0.05) is 0 Å². The van der Waals surface area contributed by atoms with Gasteiger partial charge in [-0.3, -0.25) is 0 Å². The molecule has 0 radical (unpaired) electrons. The molecule has 0 bridgehead atoms. The molecule has 0 aromatic heterocycles. The summed E-state index contributed by atoms with van der Waals surface area (Å²) in [5.74, 6) is 0. The first-order valence-electron chi connectivity index (χ1n) is 6.71. The third-order valence-electron chi connectivity index (χ3n) is 3.98. The van der Waals surface area contributed by atoms with Crippen molar-refractivity contribution in [3.8, 4) is 0 Å². The molecule has 0 nitrogen and oxygen atoms in total. The van der Waals surface area contributed by atoms with Gasteiger partial charge in [-0.25, -0.2) is 0 Å². The molecule has 1 aliphatic heterocycles. The molecule has 1 heterocycles. The molecule has 0 spiro atoms. The molecule has 1 heteroatoms. The van der Waals surface area contributed by atoms with E-state index in [1.54, 1.807) is 50.8 Å². The lowest BCUT2D eigenvalue weighted by Crippen LogP contribution is -2.07. The van der Waals surface area contributed by atoms with E-state index in [4.69, 9.17) is 0 Å². The molecule has 0 atom stereocenters. The van der Waals surface area contributed by atoms with Crippen LogP contribution in [0.4, 0.5) is 0 Å². The van der Waals surface area contributed by atoms with Crippen LogP contribution in [0.5, 0.6) is 0 Å². The molecule has 0 aromatic rings. The third-order valence-corrected chi connectivity index (χ3v) is 7.31. The standard InChI is InChI=1S/C13H25P/c1-2-6-10-13(9-5-1)14-11-7-3-4-8-12-14/h13H,1-12H2. The Kier molecular flexibility index (Phi) is 4.77. The van der Waals surface area contributed by atoms with Gasteiger partial charge in [-0.1, -0.05) is 38.5 Å². The smallest absolute Gasteiger partial charge is 0.0209 e. The third kappa shape index (κ3) is 3.23. The summed E-state index contributed by atoms with van der Waals surface area (Å²) in [7, 11) is 0.466. The van der Waals surface area contributed by atoms with Crippen LogP contribution in [0.15, 0.2) is 0 Å². The predicted octanol–water partition coefficient (Wildman–Crippen LogP) is 4.77. The topological polar surface area (TPSA) is 0 Å². The molecule has 2 fully saturated rings. The molecular weight excluding hydrogens is 187 g/mol. The van der Waals surface area contributed by atoms with E-state index < -0.39 is 0 Å². The Morgan fingerprint density at radius 3 is 1.64 bits per heavy atom. The van der Waals surface area contributed by atoms with E-state index >= 15 is 0 Å². The lowest BCUT2D eigenvalue weighted by atomic mass is 10.2. The van der Waals surface area contributed by atoms with Gasteiger partial charge in [-0.2, -0.15) is 0 Å². The van der Waals surface area contributed by atoms with Crippen molar-refractivity contribution in [3.05, 3.63) is 0 Å². The number of hydrogen-bond acceptors (Lipinski definition) is 0. The van der Waals surface area contributed by atoms with Gasteiger partial charge in [0.05, 0.1) is 0 Å². The minimum atomic E-state index is 0.466. The van der Waals surface area contributed by atoms with Crippen LogP contribution in [0.1, 0.15) is 64.2 Å². The first kappa shape index (κ1) is 10.9. The van der Waals surface area contributed by atoms with Crippen LogP contribution in [-0.4, -0.2) is 18.0 Å². The van der Waals surface area contributed by atoms with Gasteiger partial charge in [0.25, 0.3) is 0 Å². The summed E-state index contributed by atoms with van der Waals surface area (Å²) in [6.45, 7) is 0. The highest BCUT2D eigenvalue weighted by Gasteiger charge is 2.22. The van der Waals surface area contributed by atoms with Crippen LogP contribution in [0.25, 0.3) is 0 Å². The van der Waals surface area contributed by atoms with E-state index in [1.165, 1.54) is 31.3 Å². The van der Waals surface area contributed by atoms with Crippen molar-refractivity contribution in [2.45, 2.75) is 69.9 Å². The summed E-state index contributed by atoms with van der Waals surface area (Å²) in [6.07, 6.45) is 18.8. The largest absolute Gasteiger partial charge is 0.104 e. The van der Waals surface area contributed by atoms with Crippen LogP contribution in [0.2, 0.25) is 0 Å². The summed E-state index contributed by atoms with van der Waals surface area (Å²) in [4.78, 5) is 0. The van der Waals surface area contributed by atoms with Crippen LogP contribution in [0, 0.1) is 0 Å². The molecule has 14 heavy (non-hydrogen) atoms. The zero-order valence-corrected chi connectivity index (χ0v) is 10.4. The van der Waals surface area contributed by atoms with Crippen molar-refractivity contribution in [1.82, 2.24) is 0 Å². The lowest BCUT2D eigenvalue weighted by Gasteiger charge is -2.25. The predicted molar refractivity (Wildman–Crippen MR) is 66.6 cm³/mol. The molecule has 0 N–H and O–H groups in total. The number of hydrogen-bond donors (Lipinski definition) is 0. The molecule has 0 aromatic carbocycles. The Hall–Kier alpha value is 0.430. The molecule has 1 aliphatic carbocycles. The Labute approximate surface area is 90.6 Å². The SMILES string of the molecule is C1CCCC(P2CCCCCC2)CC1. The first-order valence-corrected chi connectivity index (χ1v) is 8.49. The summed E-state index contributed by atoms with van der Waals surface area (Å²) < 4.78 is 0. The summed E-state index contributed by atoms with van der Waals surface area (Å²) in [6, 6.07) is 0. The summed E-state index contributed by atoms with van der Waals surface area (Å²) in [5.41, 5.74) is 1.19. The molecule has 2 aliphatic rings. The van der Waals surface area contributed by atoms with Crippen molar-refractivity contribution in [3.63, 3.8) is 0 Å². The molecule has 0 unspecified atom stereocenters. The Morgan fingerprint density at radius 2 is 1.07 bits per heavy atom. The second kappa shape index (κ2) is 6.11. The van der Waals surface area contributed by atoms with Gasteiger partial charge in [0.2, 0.25) is 0 Å². The van der Waals surface area contributed by atoms with Crippen molar-refractivity contribution >= 4 is 7.92 Å². The van der Waals surface area contributed by atoms with Crippen LogP contribution >= 0.6 is 7.92 Å². The highest BCUT2D eigenvalue weighted by molar-refractivity contribution is 7.58. The second-order valence-corrected chi connectivity index (χ2v) is 7.90. The maximum Gasteiger partial charge on any atom is -0.0209 e. The van der Waals surface area contributed by atoms with Crippen LogP contribution in [0.3, 0.4) is 0 Å². The second-order valence-electron chi connectivity index (χ2n) is 5.10. The van der Waals surface area contributed by atoms with E-state index in [0.29, 0.717) is 7.92 Å². The van der Waals surface area contributed by atoms with Crippen molar-refractivity contribution < 1.29 is 0 Å². The van der Waals surface area contributed by atoms with Gasteiger partial charge in [0.15, 0.2) is 0 Å². The van der Waals surface area contributed by atoms with Gasteiger partial charge in [0.1, 0.15) is 0 Å². The Balaban J connectivity index is 1.83. The van der Waals surface area contributed by atoms with Gasteiger partial charge < -0.3 is 0 Å². The van der Waals surface area contributed by atoms with Crippen molar-refractivity contribution in [2.24, 2.45) is 0 Å². The Bertz CT molecular complexity index is 121. The Morgan fingerprint density at radius 1 is 0.571 bits per heavy atom. The molecule has 1 saturated heterocycles. The summed E-state index contributed by atoms with van der Waals surface area (Å²) >= 11 is 0. The summed E-state index contributed by atoms with van der Waals surface area (Å²) in [5, 5.41) is 0. The fourth-order valence-corrected chi connectivity index (χ4v) is 6.39. The quantitative estimate of drug-likeness (QED) is 0.434. The molecule has 0 amide bonds. The van der Waals surface area contributed by atoms with E-state index in [2.05, 4.69) is 0 Å². The normalized spacial score (nSPS) is 28.3. The van der Waals surface area contributed by atoms with Gasteiger partial charge >= 0.3 is 0 Å². The zero-order chi connectivity index (χ0) is 9.64. The van der Waals surface area contributed by atoms with Crippen molar-refractivity contribution in [1.29, 1.82) is 0 Å². The molecule has 82 valence electrons. The highest BCUT2D eigenvalue weighted by Crippen LogP contribution is 2.49. The monoisotopic (exact) mass is 212 g/mol. The zero-order valence-electron chi connectivity index (χ0n) is 9.51. The first-order chi connectivity index (χ1) is 6.97.